The van der Waals surface area contributed by atoms with Crippen molar-refractivity contribution in [3.8, 4) is 11.1 Å². The minimum Gasteiger partial charge on any atom is -0.369 e. The predicted molar refractivity (Wildman–Crippen MR) is 124 cm³/mol. The van der Waals surface area contributed by atoms with Crippen LogP contribution < -0.4 is 5.73 Å². The van der Waals surface area contributed by atoms with Gasteiger partial charge < -0.3 is 5.73 Å². The van der Waals surface area contributed by atoms with Crippen molar-refractivity contribution < 1.29 is 22.0 Å². The van der Waals surface area contributed by atoms with E-state index in [9.17, 15) is 22.0 Å². The number of carbonyl (C=O) groups is 1. The number of benzene rings is 2. The minimum absolute atomic E-state index is 0.000296. The monoisotopic (exact) mass is 495 g/mol. The summed E-state index contributed by atoms with van der Waals surface area (Å²) in [6.07, 6.45) is 0.549. The topological polar surface area (TPSA) is 92.8 Å². The summed E-state index contributed by atoms with van der Waals surface area (Å²) in [5.41, 5.74) is 6.09. The number of carbonyl (C=O) groups excluding carboxylic acids is 1. The lowest BCUT2D eigenvalue weighted by Gasteiger charge is -2.41. The number of amides is 1. The Morgan fingerprint density at radius 1 is 1.21 bits per heavy atom. The van der Waals surface area contributed by atoms with E-state index in [2.05, 4.69) is 4.99 Å². The molecule has 176 valence electrons. The molecule has 0 aliphatic carbocycles. The molecule has 0 unspecified atom stereocenters. The van der Waals surface area contributed by atoms with Crippen LogP contribution in [0.3, 0.4) is 0 Å². The highest BCUT2D eigenvalue weighted by atomic mass is 35.5. The Labute approximate surface area is 196 Å². The molecular weight excluding hydrogens is 472 g/mol. The van der Waals surface area contributed by atoms with Crippen molar-refractivity contribution in [2.75, 3.05) is 5.75 Å². The van der Waals surface area contributed by atoms with Gasteiger partial charge in [0.2, 0.25) is 5.91 Å². The summed E-state index contributed by atoms with van der Waals surface area (Å²) in [4.78, 5) is 19.2. The fourth-order valence-corrected chi connectivity index (χ4v) is 6.60. The SMILES string of the molecule is C[C@H]1C[C@H](N2C(=O)C[C@@](C)(c3cccc(-c4ccc(F)cc4F)c3Cl)N=C2N)CCS1(=O)=O. The van der Waals surface area contributed by atoms with Crippen LogP contribution in [0, 0.1) is 11.6 Å². The van der Waals surface area contributed by atoms with Crippen molar-refractivity contribution in [2.45, 2.75) is 49.9 Å². The molecule has 2 aromatic carbocycles. The normalized spacial score (nSPS) is 27.4. The summed E-state index contributed by atoms with van der Waals surface area (Å²) in [5.74, 6) is -1.75. The van der Waals surface area contributed by atoms with Gasteiger partial charge in [0.1, 0.15) is 11.6 Å². The molecule has 4 rings (SSSR count). The molecule has 2 heterocycles. The average molecular weight is 496 g/mol. The minimum atomic E-state index is -3.17. The van der Waals surface area contributed by atoms with Crippen LogP contribution >= 0.6 is 11.6 Å². The van der Waals surface area contributed by atoms with Crippen molar-refractivity contribution in [1.29, 1.82) is 0 Å². The van der Waals surface area contributed by atoms with Gasteiger partial charge >= 0.3 is 0 Å². The van der Waals surface area contributed by atoms with Gasteiger partial charge in [-0.2, -0.15) is 0 Å². The summed E-state index contributed by atoms with van der Waals surface area (Å²) < 4.78 is 51.9. The van der Waals surface area contributed by atoms with Crippen molar-refractivity contribution in [2.24, 2.45) is 10.7 Å². The molecule has 10 heteroatoms. The van der Waals surface area contributed by atoms with Crippen LogP contribution in [0.4, 0.5) is 8.78 Å². The lowest BCUT2D eigenvalue weighted by Crippen LogP contribution is -2.56. The smallest absolute Gasteiger partial charge is 0.232 e. The second kappa shape index (κ2) is 8.36. The molecule has 0 saturated carbocycles. The fraction of sp³-hybridized carbons (Fsp3) is 0.391. The van der Waals surface area contributed by atoms with E-state index in [0.29, 0.717) is 24.0 Å². The van der Waals surface area contributed by atoms with Gasteiger partial charge in [0.25, 0.3) is 0 Å². The van der Waals surface area contributed by atoms with Crippen LogP contribution in [0.2, 0.25) is 5.02 Å². The molecule has 2 aromatic rings. The molecule has 2 aliphatic rings. The van der Waals surface area contributed by atoms with Crippen molar-refractivity contribution in [1.82, 2.24) is 4.90 Å². The van der Waals surface area contributed by atoms with Gasteiger partial charge in [-0.3, -0.25) is 9.69 Å². The zero-order chi connectivity index (χ0) is 24.1. The Kier molecular flexibility index (Phi) is 5.99. The molecule has 3 atom stereocenters. The van der Waals surface area contributed by atoms with Crippen molar-refractivity contribution in [3.63, 3.8) is 0 Å². The van der Waals surface area contributed by atoms with Gasteiger partial charge in [-0.05, 0) is 44.4 Å². The highest BCUT2D eigenvalue weighted by Gasteiger charge is 2.44. The third-order valence-corrected chi connectivity index (χ3v) is 9.12. The van der Waals surface area contributed by atoms with Gasteiger partial charge in [0.15, 0.2) is 15.8 Å². The molecule has 0 radical (unpaired) electrons. The Morgan fingerprint density at radius 3 is 2.58 bits per heavy atom. The maximum Gasteiger partial charge on any atom is 0.232 e. The molecule has 2 aliphatic heterocycles. The number of hydrogen-bond acceptors (Lipinski definition) is 5. The van der Waals surface area contributed by atoms with Crippen LogP contribution in [-0.4, -0.2) is 42.2 Å². The van der Waals surface area contributed by atoms with Crippen LogP contribution in [0.15, 0.2) is 41.4 Å². The van der Waals surface area contributed by atoms with Crippen LogP contribution in [0.25, 0.3) is 11.1 Å². The second-order valence-electron chi connectivity index (χ2n) is 8.83. The van der Waals surface area contributed by atoms with Gasteiger partial charge in [0.05, 0.1) is 28.0 Å². The standard InChI is InChI=1S/C23H24ClF2N3O3S/c1-13-10-15(8-9-33(13,31)32)29-20(30)12-23(2,28-22(29)27)18-5-3-4-17(21(18)24)16-7-6-14(25)11-19(16)26/h3-7,11,13,15H,8-10,12H2,1-2H3,(H2,27,28)/t13-,15+,23-/m0/s1. The van der Waals surface area contributed by atoms with Gasteiger partial charge in [0, 0.05) is 23.2 Å². The first-order chi connectivity index (χ1) is 15.4. The summed E-state index contributed by atoms with van der Waals surface area (Å²) in [6.45, 7) is 3.35. The number of nitrogens with zero attached hydrogens (tertiary/aromatic N) is 2. The van der Waals surface area contributed by atoms with E-state index in [-0.39, 0.29) is 40.7 Å². The van der Waals surface area contributed by atoms with Crippen LogP contribution in [0.5, 0.6) is 0 Å². The molecule has 0 spiro atoms. The fourth-order valence-electron chi connectivity index (χ4n) is 4.65. The summed E-state index contributed by atoms with van der Waals surface area (Å²) in [7, 11) is -3.17. The third kappa shape index (κ3) is 4.24. The molecular formula is C23H24ClF2N3O3S. The Bertz CT molecular complexity index is 1270. The average Bonchev–Trinajstić information content (AvgIpc) is 2.71. The lowest BCUT2D eigenvalue weighted by atomic mass is 9.85. The third-order valence-electron chi connectivity index (χ3n) is 6.49. The Balaban J connectivity index is 1.70. The van der Waals surface area contributed by atoms with E-state index < -0.39 is 32.3 Å². The van der Waals surface area contributed by atoms with E-state index in [1.807, 2.05) is 0 Å². The second-order valence-corrected chi connectivity index (χ2v) is 11.7. The molecule has 0 aromatic heterocycles. The number of nitrogens with two attached hydrogens (primary N) is 1. The number of sulfone groups is 1. The lowest BCUT2D eigenvalue weighted by molar-refractivity contribution is -0.131. The summed E-state index contributed by atoms with van der Waals surface area (Å²) >= 11 is 6.65. The van der Waals surface area contributed by atoms with Crippen molar-refractivity contribution in [3.05, 3.63) is 58.6 Å². The van der Waals surface area contributed by atoms with E-state index in [1.165, 1.54) is 11.0 Å². The number of aliphatic imine (C=N–C) groups is 1. The zero-order valence-electron chi connectivity index (χ0n) is 18.2. The van der Waals surface area contributed by atoms with Gasteiger partial charge in [-0.25, -0.2) is 22.2 Å². The molecule has 1 amide bonds. The Morgan fingerprint density at radius 2 is 1.94 bits per heavy atom. The first kappa shape index (κ1) is 23.6. The Hall–Kier alpha value is -2.52. The largest absolute Gasteiger partial charge is 0.369 e. The van der Waals surface area contributed by atoms with Crippen LogP contribution in [0.1, 0.15) is 38.7 Å². The predicted octanol–water partition coefficient (Wildman–Crippen LogP) is 4.01. The molecule has 1 saturated heterocycles. The highest BCUT2D eigenvalue weighted by Crippen LogP contribution is 2.42. The number of guanidine groups is 1. The van der Waals surface area contributed by atoms with E-state index >= 15 is 0 Å². The summed E-state index contributed by atoms with van der Waals surface area (Å²) in [6, 6.07) is 7.86. The highest BCUT2D eigenvalue weighted by molar-refractivity contribution is 7.92. The van der Waals surface area contributed by atoms with Gasteiger partial charge in [-0.1, -0.05) is 29.8 Å². The first-order valence-electron chi connectivity index (χ1n) is 10.6. The van der Waals surface area contributed by atoms with Gasteiger partial charge in [-0.15, -0.1) is 0 Å². The maximum atomic E-state index is 14.4. The van der Waals surface area contributed by atoms with E-state index in [1.54, 1.807) is 32.0 Å². The van der Waals surface area contributed by atoms with E-state index in [0.717, 1.165) is 12.1 Å². The number of rotatable bonds is 3. The van der Waals surface area contributed by atoms with Crippen molar-refractivity contribution >= 4 is 33.3 Å². The molecule has 2 N–H and O–H groups in total. The molecule has 6 nitrogen and oxygen atoms in total. The maximum absolute atomic E-state index is 14.4. The molecule has 33 heavy (non-hydrogen) atoms. The number of hydrogen-bond donors (Lipinski definition) is 1. The quantitative estimate of drug-likeness (QED) is 0.696. The summed E-state index contributed by atoms with van der Waals surface area (Å²) in [5, 5.41) is -0.373. The molecule has 1 fully saturated rings. The molecule has 0 bridgehead atoms. The zero-order valence-corrected chi connectivity index (χ0v) is 19.8. The van der Waals surface area contributed by atoms with E-state index in [4.69, 9.17) is 17.3 Å². The van der Waals surface area contributed by atoms with Crippen LogP contribution in [-0.2, 0) is 20.2 Å². The number of halogens is 3. The first-order valence-corrected chi connectivity index (χ1v) is 12.7.